The number of aliphatic hydroxyl groups is 1. The van der Waals surface area contributed by atoms with E-state index in [2.05, 4.69) is 45.1 Å². The molecule has 3 nitrogen and oxygen atoms in total. The molecular weight excluding hydrogens is 250 g/mol. The number of methoxy groups -OCH3 is 1. The first-order valence-corrected chi connectivity index (χ1v) is 7.46. The molecule has 0 heterocycles. The monoisotopic (exact) mass is 279 g/mol. The second-order valence-corrected chi connectivity index (χ2v) is 6.05. The molecule has 3 heteroatoms. The van der Waals surface area contributed by atoms with Crippen molar-refractivity contribution in [3.05, 3.63) is 35.4 Å². The topological polar surface area (TPSA) is 41.5 Å². The molecule has 0 aliphatic carbocycles. The second kappa shape index (κ2) is 8.40. The molecule has 1 aromatic rings. The third kappa shape index (κ3) is 5.23. The van der Waals surface area contributed by atoms with Crippen molar-refractivity contribution < 1.29 is 9.84 Å². The van der Waals surface area contributed by atoms with E-state index in [1.165, 1.54) is 5.56 Å². The molecule has 2 unspecified atom stereocenters. The summed E-state index contributed by atoms with van der Waals surface area (Å²) >= 11 is 0. The van der Waals surface area contributed by atoms with Crippen molar-refractivity contribution in [2.24, 2.45) is 5.92 Å². The zero-order valence-corrected chi connectivity index (χ0v) is 13.4. The minimum absolute atomic E-state index is 0.268. The molecule has 0 aromatic heterocycles. The predicted molar refractivity (Wildman–Crippen MR) is 84.0 cm³/mol. The van der Waals surface area contributed by atoms with E-state index in [4.69, 9.17) is 4.74 Å². The summed E-state index contributed by atoms with van der Waals surface area (Å²) in [6, 6.07) is 8.49. The fourth-order valence-electron chi connectivity index (χ4n) is 2.15. The summed E-state index contributed by atoms with van der Waals surface area (Å²) in [4.78, 5) is 0. The van der Waals surface area contributed by atoms with Gasteiger partial charge in [-0.05, 0) is 23.0 Å². The maximum absolute atomic E-state index is 10.2. The maximum Gasteiger partial charge on any atom is 0.0914 e. The maximum atomic E-state index is 10.2. The Bertz CT molecular complexity index is 373. The molecule has 114 valence electrons. The fourth-order valence-corrected chi connectivity index (χ4v) is 2.15. The number of hydrogen-bond donors (Lipinski definition) is 2. The van der Waals surface area contributed by atoms with Crippen LogP contribution >= 0.6 is 0 Å². The van der Waals surface area contributed by atoms with E-state index in [1.54, 1.807) is 7.11 Å². The van der Waals surface area contributed by atoms with Gasteiger partial charge < -0.3 is 15.2 Å². The molecule has 0 bridgehead atoms. The molecular formula is C17H29NO2. The van der Waals surface area contributed by atoms with Crippen molar-refractivity contribution in [2.75, 3.05) is 20.3 Å². The predicted octanol–water partition coefficient (Wildman–Crippen LogP) is 3.10. The minimum Gasteiger partial charge on any atom is -0.387 e. The van der Waals surface area contributed by atoms with Crippen molar-refractivity contribution in [3.63, 3.8) is 0 Å². The summed E-state index contributed by atoms with van der Waals surface area (Å²) in [7, 11) is 1.71. The second-order valence-electron chi connectivity index (χ2n) is 6.05. The number of aliphatic hydroxyl groups excluding tert-OH is 1. The fraction of sp³-hybridized carbons (Fsp3) is 0.647. The molecule has 0 amide bonds. The van der Waals surface area contributed by atoms with Gasteiger partial charge in [0.25, 0.3) is 0 Å². The van der Waals surface area contributed by atoms with Gasteiger partial charge in [-0.25, -0.2) is 0 Å². The largest absolute Gasteiger partial charge is 0.387 e. The van der Waals surface area contributed by atoms with Crippen LogP contribution in [-0.4, -0.2) is 31.4 Å². The number of nitrogens with one attached hydrogen (secondary N) is 1. The molecule has 2 N–H and O–H groups in total. The average Bonchev–Trinajstić information content (AvgIpc) is 2.42. The highest BCUT2D eigenvalue weighted by molar-refractivity contribution is 5.26. The normalized spacial score (nSPS) is 14.8. The lowest BCUT2D eigenvalue weighted by Gasteiger charge is -2.23. The van der Waals surface area contributed by atoms with Crippen LogP contribution in [0.2, 0.25) is 0 Å². The van der Waals surface area contributed by atoms with E-state index in [0.29, 0.717) is 25.0 Å². The first-order chi connectivity index (χ1) is 9.45. The van der Waals surface area contributed by atoms with Crippen LogP contribution in [0.1, 0.15) is 50.8 Å². The van der Waals surface area contributed by atoms with E-state index >= 15 is 0 Å². The van der Waals surface area contributed by atoms with Crippen molar-refractivity contribution >= 4 is 0 Å². The highest BCUT2D eigenvalue weighted by Gasteiger charge is 2.15. The van der Waals surface area contributed by atoms with Gasteiger partial charge in [0.2, 0.25) is 0 Å². The third-order valence-electron chi connectivity index (χ3n) is 3.71. The Kier molecular flexibility index (Phi) is 7.20. The molecule has 0 aliphatic heterocycles. The lowest BCUT2D eigenvalue weighted by Crippen LogP contribution is -2.39. The standard InChI is InChI=1S/C17H29NO2/c1-12(2)14-6-8-15(9-7-14)17(19)10-18-16(11-20-5)13(3)4/h6-9,12-13,16-19H,10-11H2,1-5H3. The van der Waals surface area contributed by atoms with Crippen molar-refractivity contribution in [3.8, 4) is 0 Å². The number of hydrogen-bond acceptors (Lipinski definition) is 3. The van der Waals surface area contributed by atoms with E-state index in [1.807, 2.05) is 12.1 Å². The molecule has 0 fully saturated rings. The molecule has 0 spiro atoms. The van der Waals surface area contributed by atoms with Gasteiger partial charge in [-0.3, -0.25) is 0 Å². The van der Waals surface area contributed by atoms with Crippen LogP contribution in [0.25, 0.3) is 0 Å². The number of rotatable bonds is 8. The molecule has 2 atom stereocenters. The van der Waals surface area contributed by atoms with E-state index in [0.717, 1.165) is 5.56 Å². The summed E-state index contributed by atoms with van der Waals surface area (Å²) < 4.78 is 5.20. The summed E-state index contributed by atoms with van der Waals surface area (Å²) in [6.07, 6.45) is -0.477. The minimum atomic E-state index is -0.477. The van der Waals surface area contributed by atoms with Gasteiger partial charge in [0.05, 0.1) is 12.7 Å². The molecule has 20 heavy (non-hydrogen) atoms. The molecule has 1 aromatic carbocycles. The van der Waals surface area contributed by atoms with Crippen LogP contribution in [0.3, 0.4) is 0 Å². The Morgan fingerprint density at radius 3 is 2.05 bits per heavy atom. The SMILES string of the molecule is COCC(NCC(O)c1ccc(C(C)C)cc1)C(C)C. The van der Waals surface area contributed by atoms with Crippen molar-refractivity contribution in [1.82, 2.24) is 5.32 Å². The van der Waals surface area contributed by atoms with Crippen LogP contribution in [0.5, 0.6) is 0 Å². The van der Waals surface area contributed by atoms with Gasteiger partial charge in [0.15, 0.2) is 0 Å². The highest BCUT2D eigenvalue weighted by Crippen LogP contribution is 2.18. The van der Waals surface area contributed by atoms with Gasteiger partial charge in [-0.2, -0.15) is 0 Å². The Hall–Kier alpha value is -0.900. The van der Waals surface area contributed by atoms with Crippen molar-refractivity contribution in [2.45, 2.75) is 45.8 Å². The van der Waals surface area contributed by atoms with Gasteiger partial charge in [-0.15, -0.1) is 0 Å². The number of ether oxygens (including phenoxy) is 1. The number of benzene rings is 1. The van der Waals surface area contributed by atoms with Gasteiger partial charge >= 0.3 is 0 Å². The van der Waals surface area contributed by atoms with E-state index in [9.17, 15) is 5.11 Å². The van der Waals surface area contributed by atoms with Crippen LogP contribution in [0, 0.1) is 5.92 Å². The van der Waals surface area contributed by atoms with Gasteiger partial charge in [0, 0.05) is 19.7 Å². The van der Waals surface area contributed by atoms with E-state index in [-0.39, 0.29) is 6.04 Å². The van der Waals surface area contributed by atoms with Gasteiger partial charge in [0.1, 0.15) is 0 Å². The van der Waals surface area contributed by atoms with Gasteiger partial charge in [-0.1, -0.05) is 52.0 Å². The van der Waals surface area contributed by atoms with Crippen LogP contribution in [0.15, 0.2) is 24.3 Å². The molecule has 0 aliphatic rings. The Balaban J connectivity index is 2.55. The summed E-state index contributed by atoms with van der Waals surface area (Å²) in [5, 5.41) is 13.6. The third-order valence-corrected chi connectivity index (χ3v) is 3.71. The zero-order valence-electron chi connectivity index (χ0n) is 13.4. The average molecular weight is 279 g/mol. The molecule has 0 radical (unpaired) electrons. The van der Waals surface area contributed by atoms with E-state index < -0.39 is 6.10 Å². The lowest BCUT2D eigenvalue weighted by atomic mass is 9.99. The van der Waals surface area contributed by atoms with Crippen molar-refractivity contribution in [1.29, 1.82) is 0 Å². The quantitative estimate of drug-likeness (QED) is 0.768. The summed E-state index contributed by atoms with van der Waals surface area (Å²) in [5.41, 5.74) is 2.26. The zero-order chi connectivity index (χ0) is 15.1. The summed E-state index contributed by atoms with van der Waals surface area (Å²) in [6.45, 7) is 9.86. The van der Waals surface area contributed by atoms with Crippen LogP contribution < -0.4 is 5.32 Å². The smallest absolute Gasteiger partial charge is 0.0914 e. The Morgan fingerprint density at radius 1 is 1.05 bits per heavy atom. The first kappa shape index (κ1) is 17.2. The lowest BCUT2D eigenvalue weighted by molar-refractivity contribution is 0.124. The molecule has 1 rings (SSSR count). The molecule has 0 saturated carbocycles. The van der Waals surface area contributed by atoms with Crippen LogP contribution in [-0.2, 0) is 4.74 Å². The Labute approximate surface area is 123 Å². The molecule has 0 saturated heterocycles. The Morgan fingerprint density at radius 2 is 1.60 bits per heavy atom. The first-order valence-electron chi connectivity index (χ1n) is 7.46. The van der Waals surface area contributed by atoms with Crippen LogP contribution in [0.4, 0.5) is 0 Å². The summed E-state index contributed by atoms with van der Waals surface area (Å²) in [5.74, 6) is 0.997. The highest BCUT2D eigenvalue weighted by atomic mass is 16.5.